The zero-order valence-electron chi connectivity index (χ0n) is 16.3. The van der Waals surface area contributed by atoms with E-state index in [4.69, 9.17) is 14.2 Å². The van der Waals surface area contributed by atoms with Crippen molar-refractivity contribution in [1.29, 1.82) is 0 Å². The lowest BCUT2D eigenvalue weighted by Crippen LogP contribution is -2.39. The molecule has 1 aliphatic heterocycles. The molecule has 3 aliphatic rings. The van der Waals surface area contributed by atoms with Gasteiger partial charge in [-0.3, -0.25) is 14.4 Å². The lowest BCUT2D eigenvalue weighted by atomic mass is 9.80. The number of amides is 1. The summed E-state index contributed by atoms with van der Waals surface area (Å²) in [5.74, 6) is -2.84. The molecule has 2 aliphatic carbocycles. The lowest BCUT2D eigenvalue weighted by Gasteiger charge is -2.26. The van der Waals surface area contributed by atoms with Crippen molar-refractivity contribution in [3.8, 4) is 0 Å². The summed E-state index contributed by atoms with van der Waals surface area (Å²) in [7, 11) is 0. The molecule has 2 bridgehead atoms. The SMILES string of the molecule is CCCOC(=O)c1ccc(NC(=O)COC(=O)[C@@H]2[C@H]3C[C@H]4[C@H](OC(=O)[C@@H]42)[C@H]3Br)cc1. The first-order valence-electron chi connectivity index (χ1n) is 9.99. The summed E-state index contributed by atoms with van der Waals surface area (Å²) in [5, 5.41) is 2.61. The van der Waals surface area contributed by atoms with Gasteiger partial charge in [-0.2, -0.15) is 0 Å². The molecule has 4 rings (SSSR count). The third-order valence-corrected chi connectivity index (χ3v) is 7.18. The molecule has 1 heterocycles. The van der Waals surface area contributed by atoms with E-state index in [9.17, 15) is 19.2 Å². The van der Waals surface area contributed by atoms with E-state index in [2.05, 4.69) is 21.2 Å². The number of nitrogens with one attached hydrogen (secondary N) is 1. The van der Waals surface area contributed by atoms with Crippen molar-refractivity contribution in [2.45, 2.75) is 30.7 Å². The molecular formula is C21H22BrNO7. The highest BCUT2D eigenvalue weighted by Crippen LogP contribution is 2.60. The number of rotatable bonds is 7. The Labute approximate surface area is 181 Å². The van der Waals surface area contributed by atoms with Crippen molar-refractivity contribution < 1.29 is 33.4 Å². The van der Waals surface area contributed by atoms with Gasteiger partial charge in [0.1, 0.15) is 6.10 Å². The lowest BCUT2D eigenvalue weighted by molar-refractivity contribution is -0.157. The maximum Gasteiger partial charge on any atom is 0.338 e. The van der Waals surface area contributed by atoms with Crippen LogP contribution < -0.4 is 5.32 Å². The molecule has 3 fully saturated rings. The first kappa shape index (κ1) is 20.8. The third-order valence-electron chi connectivity index (χ3n) is 5.98. The van der Waals surface area contributed by atoms with E-state index in [0.717, 1.165) is 12.8 Å². The van der Waals surface area contributed by atoms with Gasteiger partial charge in [-0.15, -0.1) is 0 Å². The van der Waals surface area contributed by atoms with E-state index >= 15 is 0 Å². The summed E-state index contributed by atoms with van der Waals surface area (Å²) < 4.78 is 15.6. The molecule has 1 amide bonds. The maximum absolute atomic E-state index is 12.6. The van der Waals surface area contributed by atoms with E-state index in [1.165, 1.54) is 0 Å². The Morgan fingerprint density at radius 2 is 1.90 bits per heavy atom. The van der Waals surface area contributed by atoms with Crippen molar-refractivity contribution in [1.82, 2.24) is 0 Å². The summed E-state index contributed by atoms with van der Waals surface area (Å²) >= 11 is 3.54. The molecule has 1 saturated heterocycles. The van der Waals surface area contributed by atoms with E-state index in [1.54, 1.807) is 24.3 Å². The van der Waals surface area contributed by atoms with Crippen LogP contribution in [0.2, 0.25) is 0 Å². The summed E-state index contributed by atoms with van der Waals surface area (Å²) in [6.45, 7) is 1.80. The number of benzene rings is 1. The molecule has 0 unspecified atom stereocenters. The van der Waals surface area contributed by atoms with Gasteiger partial charge in [-0.25, -0.2) is 4.79 Å². The van der Waals surface area contributed by atoms with Gasteiger partial charge in [-0.05, 0) is 43.0 Å². The van der Waals surface area contributed by atoms with E-state index in [-0.39, 0.29) is 28.7 Å². The van der Waals surface area contributed by atoms with Gasteiger partial charge >= 0.3 is 17.9 Å². The van der Waals surface area contributed by atoms with E-state index < -0.39 is 36.3 Å². The number of ether oxygens (including phenoxy) is 3. The Balaban J connectivity index is 1.28. The number of esters is 3. The average Bonchev–Trinajstić information content (AvgIpc) is 3.35. The minimum Gasteiger partial charge on any atom is -0.462 e. The Bertz CT molecular complexity index is 871. The third kappa shape index (κ3) is 3.71. The van der Waals surface area contributed by atoms with Crippen LogP contribution in [0.15, 0.2) is 24.3 Å². The summed E-state index contributed by atoms with van der Waals surface area (Å²) in [5.41, 5.74) is 0.848. The largest absolute Gasteiger partial charge is 0.462 e. The fraction of sp³-hybridized carbons (Fsp3) is 0.524. The van der Waals surface area contributed by atoms with Crippen LogP contribution in [0.25, 0.3) is 0 Å². The number of carbonyl (C=O) groups excluding carboxylic acids is 4. The second kappa shape index (κ2) is 8.37. The zero-order chi connectivity index (χ0) is 21.4. The number of carbonyl (C=O) groups is 4. The van der Waals surface area contributed by atoms with Crippen molar-refractivity contribution in [3.05, 3.63) is 29.8 Å². The molecule has 1 N–H and O–H groups in total. The van der Waals surface area contributed by atoms with Gasteiger partial charge in [0.15, 0.2) is 6.61 Å². The Morgan fingerprint density at radius 1 is 1.17 bits per heavy atom. The molecule has 2 saturated carbocycles. The van der Waals surface area contributed by atoms with Crippen molar-refractivity contribution in [2.24, 2.45) is 23.7 Å². The molecule has 1 aromatic rings. The van der Waals surface area contributed by atoms with Gasteiger partial charge in [0.2, 0.25) is 0 Å². The minimum absolute atomic E-state index is 0.0213. The van der Waals surface area contributed by atoms with Crippen molar-refractivity contribution in [3.63, 3.8) is 0 Å². The van der Waals surface area contributed by atoms with Crippen molar-refractivity contribution >= 4 is 45.4 Å². The average molecular weight is 480 g/mol. The van der Waals surface area contributed by atoms with Gasteiger partial charge in [-0.1, -0.05) is 22.9 Å². The fourth-order valence-electron chi connectivity index (χ4n) is 4.69. The molecule has 30 heavy (non-hydrogen) atoms. The second-order valence-electron chi connectivity index (χ2n) is 7.83. The first-order chi connectivity index (χ1) is 14.4. The van der Waals surface area contributed by atoms with Crippen LogP contribution in [0.3, 0.4) is 0 Å². The Hall–Kier alpha value is -2.42. The normalized spacial score (nSPS) is 30.7. The summed E-state index contributed by atoms with van der Waals surface area (Å²) in [6, 6.07) is 6.24. The number of anilines is 1. The summed E-state index contributed by atoms with van der Waals surface area (Å²) in [4.78, 5) is 48.6. The molecule has 0 aromatic heterocycles. The molecule has 160 valence electrons. The minimum atomic E-state index is -0.577. The number of hydrogen-bond acceptors (Lipinski definition) is 7. The van der Waals surface area contributed by atoms with E-state index in [0.29, 0.717) is 17.9 Å². The van der Waals surface area contributed by atoms with Crippen LogP contribution in [0.5, 0.6) is 0 Å². The molecule has 8 nitrogen and oxygen atoms in total. The molecule has 6 atom stereocenters. The van der Waals surface area contributed by atoms with Crippen LogP contribution >= 0.6 is 15.9 Å². The quantitative estimate of drug-likeness (QED) is 0.363. The summed E-state index contributed by atoms with van der Waals surface area (Å²) in [6.07, 6.45) is 1.32. The smallest absolute Gasteiger partial charge is 0.338 e. The number of halogens is 1. The Kier molecular flexibility index (Phi) is 5.81. The first-order valence-corrected chi connectivity index (χ1v) is 10.9. The highest BCUT2D eigenvalue weighted by atomic mass is 79.9. The van der Waals surface area contributed by atoms with Crippen LogP contribution in [0, 0.1) is 23.7 Å². The second-order valence-corrected chi connectivity index (χ2v) is 8.89. The van der Waals surface area contributed by atoms with Crippen LogP contribution in [0.1, 0.15) is 30.1 Å². The fourth-order valence-corrected chi connectivity index (χ4v) is 5.74. The predicted octanol–water partition coefficient (Wildman–Crippen LogP) is 2.31. The van der Waals surface area contributed by atoms with Gasteiger partial charge in [0, 0.05) is 11.6 Å². The van der Waals surface area contributed by atoms with Crippen LogP contribution in [-0.4, -0.2) is 48.0 Å². The number of alkyl halides is 1. The standard InChI is InChI=1S/C21H22BrNO7/c1-2-7-28-19(25)10-3-5-11(6-4-10)23-14(24)9-29-20(26)15-12-8-13-16(15)21(27)30-18(13)17(12)22/h3-6,12-13,15-18H,2,7-9H2,1H3,(H,23,24)/t12-,13-,15-,16+,17+,18+/m1/s1. The molecule has 9 heteroatoms. The highest BCUT2D eigenvalue weighted by molar-refractivity contribution is 9.09. The van der Waals surface area contributed by atoms with Crippen LogP contribution in [-0.2, 0) is 28.6 Å². The monoisotopic (exact) mass is 479 g/mol. The van der Waals surface area contributed by atoms with Gasteiger partial charge < -0.3 is 19.5 Å². The Morgan fingerprint density at radius 3 is 2.60 bits per heavy atom. The zero-order valence-corrected chi connectivity index (χ0v) is 17.9. The topological polar surface area (TPSA) is 108 Å². The van der Waals surface area contributed by atoms with Gasteiger partial charge in [0.05, 0.1) is 28.8 Å². The number of fused-ring (bicyclic) bond motifs is 1. The molecule has 0 spiro atoms. The van der Waals surface area contributed by atoms with E-state index in [1.807, 2.05) is 6.92 Å². The van der Waals surface area contributed by atoms with Crippen LogP contribution in [0.4, 0.5) is 5.69 Å². The highest BCUT2D eigenvalue weighted by Gasteiger charge is 2.68. The van der Waals surface area contributed by atoms with Gasteiger partial charge in [0.25, 0.3) is 5.91 Å². The molecule has 1 aromatic carbocycles. The van der Waals surface area contributed by atoms with Crippen molar-refractivity contribution in [2.75, 3.05) is 18.5 Å². The molecular weight excluding hydrogens is 458 g/mol. The molecule has 0 radical (unpaired) electrons. The number of hydrogen-bond donors (Lipinski definition) is 1. The predicted molar refractivity (Wildman–Crippen MR) is 108 cm³/mol. The maximum atomic E-state index is 12.6.